The van der Waals surface area contributed by atoms with Crippen molar-refractivity contribution in [1.29, 1.82) is 0 Å². The summed E-state index contributed by atoms with van der Waals surface area (Å²) in [6, 6.07) is 2.16. The third-order valence-electron chi connectivity index (χ3n) is 3.72. The van der Waals surface area contributed by atoms with Crippen LogP contribution < -0.4 is 20.1 Å². The first-order valence-electron chi connectivity index (χ1n) is 7.79. The first-order chi connectivity index (χ1) is 11.9. The van der Waals surface area contributed by atoms with Crippen molar-refractivity contribution in [2.75, 3.05) is 20.8 Å². The average molecular weight is 369 g/mol. The van der Waals surface area contributed by atoms with Crippen molar-refractivity contribution in [2.45, 2.75) is 26.3 Å². The number of nitrogens with one attached hydrogen (secondary N) is 2. The number of hydrogen-bond donors (Lipinski definition) is 2. The Morgan fingerprint density at radius 3 is 2.60 bits per heavy atom. The molecule has 0 saturated carbocycles. The third-order valence-corrected chi connectivity index (χ3v) is 4.00. The van der Waals surface area contributed by atoms with E-state index in [4.69, 9.17) is 25.8 Å². The van der Waals surface area contributed by atoms with Crippen LogP contribution in [0.5, 0.6) is 11.5 Å². The van der Waals surface area contributed by atoms with Crippen LogP contribution in [0.4, 0.5) is 4.79 Å². The Hall–Kier alpha value is -2.41. The van der Waals surface area contributed by atoms with Gasteiger partial charge in [0.25, 0.3) is 0 Å². The highest BCUT2D eigenvalue weighted by molar-refractivity contribution is 6.32. The number of esters is 1. The van der Waals surface area contributed by atoms with Crippen LogP contribution in [0.25, 0.3) is 0 Å². The van der Waals surface area contributed by atoms with Crippen LogP contribution >= 0.6 is 11.6 Å². The number of hydrogen-bond acceptors (Lipinski definition) is 5. The molecule has 0 fully saturated rings. The smallest absolute Gasteiger partial charge is 0.338 e. The van der Waals surface area contributed by atoms with Gasteiger partial charge in [-0.25, -0.2) is 9.59 Å². The van der Waals surface area contributed by atoms with E-state index in [-0.39, 0.29) is 0 Å². The Morgan fingerprint density at radius 1 is 1.28 bits per heavy atom. The summed E-state index contributed by atoms with van der Waals surface area (Å²) in [5, 5.41) is 5.62. The summed E-state index contributed by atoms with van der Waals surface area (Å²) >= 11 is 6.25. The molecule has 0 aromatic heterocycles. The molecule has 0 aliphatic carbocycles. The van der Waals surface area contributed by atoms with Crippen molar-refractivity contribution in [3.63, 3.8) is 0 Å². The molecule has 136 valence electrons. The Kier molecular flexibility index (Phi) is 6.14. The lowest BCUT2D eigenvalue weighted by molar-refractivity contribution is -0.139. The number of methoxy groups -OCH3 is 2. The number of carbonyl (C=O) groups excluding carboxylic acids is 2. The molecule has 2 rings (SSSR count). The molecule has 25 heavy (non-hydrogen) atoms. The number of ether oxygens (including phenoxy) is 3. The molecular formula is C17H21ClN2O5. The van der Waals surface area contributed by atoms with E-state index in [9.17, 15) is 9.59 Å². The zero-order valence-corrected chi connectivity index (χ0v) is 15.3. The number of halogens is 1. The van der Waals surface area contributed by atoms with Gasteiger partial charge in [0.2, 0.25) is 0 Å². The maximum Gasteiger partial charge on any atom is 0.338 e. The SMILES string of the molecule is CCCOC(=O)C1=C(C)NC(=O)NC1c1cc(Cl)c(OC)c(OC)c1. The Morgan fingerprint density at radius 2 is 2.00 bits per heavy atom. The standard InChI is InChI=1S/C17H21ClN2O5/c1-5-6-25-16(21)13-9(2)19-17(22)20-14(13)10-7-11(18)15(24-4)12(8-10)23-3/h7-8,14H,5-6H2,1-4H3,(H2,19,20,22). The maximum atomic E-state index is 12.5. The summed E-state index contributed by atoms with van der Waals surface area (Å²) < 4.78 is 15.8. The summed E-state index contributed by atoms with van der Waals surface area (Å²) in [5.74, 6) is 0.281. The summed E-state index contributed by atoms with van der Waals surface area (Å²) in [6.07, 6.45) is 0.699. The van der Waals surface area contributed by atoms with E-state index in [1.54, 1.807) is 19.1 Å². The van der Waals surface area contributed by atoms with Crippen LogP contribution in [0.2, 0.25) is 5.02 Å². The van der Waals surface area contributed by atoms with Crippen molar-refractivity contribution in [3.8, 4) is 11.5 Å². The fraction of sp³-hybridized carbons (Fsp3) is 0.412. The number of allylic oxidation sites excluding steroid dienone is 1. The van der Waals surface area contributed by atoms with Crippen LogP contribution in [0.15, 0.2) is 23.4 Å². The van der Waals surface area contributed by atoms with Gasteiger partial charge in [-0.2, -0.15) is 0 Å². The lowest BCUT2D eigenvalue weighted by atomic mass is 9.95. The Balaban J connectivity index is 2.50. The lowest BCUT2D eigenvalue weighted by Gasteiger charge is -2.28. The molecule has 0 radical (unpaired) electrons. The normalized spacial score (nSPS) is 16.8. The van der Waals surface area contributed by atoms with E-state index < -0.39 is 18.0 Å². The number of amides is 2. The molecule has 8 heteroatoms. The molecule has 1 heterocycles. The van der Waals surface area contributed by atoms with Gasteiger partial charge >= 0.3 is 12.0 Å². The fourth-order valence-electron chi connectivity index (χ4n) is 2.59. The topological polar surface area (TPSA) is 85.9 Å². The Bertz CT molecular complexity index is 717. The van der Waals surface area contributed by atoms with Gasteiger partial charge in [-0.3, -0.25) is 0 Å². The zero-order valence-electron chi connectivity index (χ0n) is 14.6. The summed E-state index contributed by atoms with van der Waals surface area (Å²) in [4.78, 5) is 24.4. The summed E-state index contributed by atoms with van der Waals surface area (Å²) in [6.45, 7) is 3.85. The fourth-order valence-corrected chi connectivity index (χ4v) is 2.89. The highest BCUT2D eigenvalue weighted by Gasteiger charge is 2.33. The quantitative estimate of drug-likeness (QED) is 0.754. The van der Waals surface area contributed by atoms with Gasteiger partial charge in [-0.1, -0.05) is 18.5 Å². The van der Waals surface area contributed by atoms with Gasteiger partial charge < -0.3 is 24.8 Å². The molecule has 0 bridgehead atoms. The molecule has 2 N–H and O–H groups in total. The number of benzene rings is 1. The van der Waals surface area contributed by atoms with E-state index in [0.29, 0.717) is 46.4 Å². The van der Waals surface area contributed by atoms with Crippen LogP contribution in [0.1, 0.15) is 31.9 Å². The minimum Gasteiger partial charge on any atom is -0.493 e. The minimum atomic E-state index is -0.713. The van der Waals surface area contributed by atoms with Gasteiger partial charge in [0.15, 0.2) is 11.5 Å². The van der Waals surface area contributed by atoms with Gasteiger partial charge in [0, 0.05) is 5.70 Å². The molecule has 1 aliphatic heterocycles. The highest BCUT2D eigenvalue weighted by Crippen LogP contribution is 2.39. The van der Waals surface area contributed by atoms with Crippen LogP contribution in [-0.4, -0.2) is 32.8 Å². The van der Waals surface area contributed by atoms with Crippen molar-refractivity contribution >= 4 is 23.6 Å². The highest BCUT2D eigenvalue weighted by atomic mass is 35.5. The van der Waals surface area contributed by atoms with E-state index >= 15 is 0 Å². The molecule has 2 amide bonds. The van der Waals surface area contributed by atoms with Crippen LogP contribution in [0, 0.1) is 0 Å². The monoisotopic (exact) mass is 368 g/mol. The second kappa shape index (κ2) is 8.11. The average Bonchev–Trinajstić information content (AvgIpc) is 2.58. The van der Waals surface area contributed by atoms with Crippen LogP contribution in [-0.2, 0) is 9.53 Å². The van der Waals surface area contributed by atoms with Crippen molar-refractivity contribution in [1.82, 2.24) is 10.6 Å². The number of urea groups is 1. The molecule has 1 aromatic rings. The van der Waals surface area contributed by atoms with Gasteiger partial charge in [-0.05, 0) is 31.0 Å². The Labute approximate surface area is 151 Å². The largest absolute Gasteiger partial charge is 0.493 e. The maximum absolute atomic E-state index is 12.5. The molecule has 1 aromatic carbocycles. The summed E-state index contributed by atoms with van der Waals surface area (Å²) in [5.41, 5.74) is 1.33. The molecule has 1 atom stereocenters. The van der Waals surface area contributed by atoms with E-state index in [0.717, 1.165) is 0 Å². The predicted octanol–water partition coefficient (Wildman–Crippen LogP) is 2.94. The van der Waals surface area contributed by atoms with Crippen molar-refractivity contribution in [3.05, 3.63) is 34.0 Å². The van der Waals surface area contributed by atoms with E-state index in [1.165, 1.54) is 14.2 Å². The predicted molar refractivity (Wildman–Crippen MR) is 92.9 cm³/mol. The molecule has 1 unspecified atom stereocenters. The third kappa shape index (κ3) is 3.99. The number of rotatable bonds is 6. The van der Waals surface area contributed by atoms with Gasteiger partial charge in [0.05, 0.1) is 37.5 Å². The van der Waals surface area contributed by atoms with Gasteiger partial charge in [0.1, 0.15) is 0 Å². The number of carbonyl (C=O) groups is 2. The molecule has 7 nitrogen and oxygen atoms in total. The lowest BCUT2D eigenvalue weighted by Crippen LogP contribution is -2.45. The molecular weight excluding hydrogens is 348 g/mol. The first-order valence-corrected chi connectivity index (χ1v) is 8.17. The second-order valence-electron chi connectivity index (χ2n) is 5.44. The zero-order chi connectivity index (χ0) is 18.6. The van der Waals surface area contributed by atoms with Crippen molar-refractivity contribution < 1.29 is 23.8 Å². The van der Waals surface area contributed by atoms with Crippen LogP contribution in [0.3, 0.4) is 0 Å². The van der Waals surface area contributed by atoms with E-state index in [2.05, 4.69) is 10.6 Å². The molecule has 1 aliphatic rings. The molecule has 0 spiro atoms. The van der Waals surface area contributed by atoms with Gasteiger partial charge in [-0.15, -0.1) is 0 Å². The first kappa shape index (κ1) is 18.9. The molecule has 0 saturated heterocycles. The second-order valence-corrected chi connectivity index (χ2v) is 5.85. The summed E-state index contributed by atoms with van der Waals surface area (Å²) in [7, 11) is 2.96. The van der Waals surface area contributed by atoms with E-state index in [1.807, 2.05) is 6.92 Å². The minimum absolute atomic E-state index is 0.295. The van der Waals surface area contributed by atoms with Crippen molar-refractivity contribution in [2.24, 2.45) is 0 Å².